The number of hydrogen-bond acceptors (Lipinski definition) is 4. The Balaban J connectivity index is 2.17. The quantitative estimate of drug-likeness (QED) is 0.889. The molecule has 1 aromatic heterocycles. The molecule has 0 radical (unpaired) electrons. The summed E-state index contributed by atoms with van der Waals surface area (Å²) in [6.07, 6.45) is 1.83. The third-order valence-electron chi connectivity index (χ3n) is 3.41. The summed E-state index contributed by atoms with van der Waals surface area (Å²) >= 11 is 1.50. The van der Waals surface area contributed by atoms with Gasteiger partial charge in [0.1, 0.15) is 6.04 Å². The van der Waals surface area contributed by atoms with Crippen molar-refractivity contribution in [2.75, 3.05) is 13.6 Å². The lowest BCUT2D eigenvalue weighted by atomic mass is 10.1. The van der Waals surface area contributed by atoms with E-state index in [1.54, 1.807) is 0 Å². The SMILES string of the molecule is CN(Cc1ccsc1)S(=O)(=O)N1CCCCC1C(=O)O. The minimum absolute atomic E-state index is 0.259. The molecule has 0 bridgehead atoms. The zero-order valence-electron chi connectivity index (χ0n) is 11.2. The fraction of sp³-hybridized carbons (Fsp3) is 0.583. The molecule has 0 spiro atoms. The third-order valence-corrected chi connectivity index (χ3v) is 6.09. The monoisotopic (exact) mass is 318 g/mol. The lowest BCUT2D eigenvalue weighted by Crippen LogP contribution is -2.52. The average molecular weight is 318 g/mol. The highest BCUT2D eigenvalue weighted by Crippen LogP contribution is 2.23. The van der Waals surface area contributed by atoms with Crippen LogP contribution in [-0.2, 0) is 21.5 Å². The number of carbonyl (C=O) groups is 1. The molecule has 8 heteroatoms. The van der Waals surface area contributed by atoms with Crippen LogP contribution in [-0.4, -0.2) is 47.7 Å². The second kappa shape index (κ2) is 6.21. The van der Waals surface area contributed by atoms with Gasteiger partial charge in [0.2, 0.25) is 0 Å². The second-order valence-corrected chi connectivity index (χ2v) is 7.62. The van der Waals surface area contributed by atoms with Gasteiger partial charge in [-0.15, -0.1) is 0 Å². The minimum Gasteiger partial charge on any atom is -0.480 e. The first-order chi connectivity index (χ1) is 9.43. The molecule has 20 heavy (non-hydrogen) atoms. The third kappa shape index (κ3) is 3.20. The Morgan fingerprint density at radius 1 is 1.55 bits per heavy atom. The highest BCUT2D eigenvalue weighted by Gasteiger charge is 2.38. The molecule has 0 saturated carbocycles. The van der Waals surface area contributed by atoms with Crippen LogP contribution >= 0.6 is 11.3 Å². The molecule has 1 saturated heterocycles. The van der Waals surface area contributed by atoms with Crippen molar-refractivity contribution in [3.05, 3.63) is 22.4 Å². The van der Waals surface area contributed by atoms with E-state index in [1.165, 1.54) is 22.7 Å². The smallest absolute Gasteiger partial charge is 0.322 e. The van der Waals surface area contributed by atoms with E-state index in [1.807, 2.05) is 16.8 Å². The van der Waals surface area contributed by atoms with Crippen molar-refractivity contribution in [3.63, 3.8) is 0 Å². The highest BCUT2D eigenvalue weighted by atomic mass is 32.2. The molecule has 1 unspecified atom stereocenters. The summed E-state index contributed by atoms with van der Waals surface area (Å²) in [6, 6.07) is 0.917. The number of nitrogens with zero attached hydrogens (tertiary/aromatic N) is 2. The van der Waals surface area contributed by atoms with Crippen molar-refractivity contribution >= 4 is 27.5 Å². The van der Waals surface area contributed by atoms with Crippen LogP contribution in [0, 0.1) is 0 Å². The Kier molecular flexibility index (Phi) is 4.79. The van der Waals surface area contributed by atoms with E-state index in [4.69, 9.17) is 0 Å². The predicted molar refractivity (Wildman–Crippen MR) is 76.7 cm³/mol. The van der Waals surface area contributed by atoms with Crippen LogP contribution in [0.5, 0.6) is 0 Å². The van der Waals surface area contributed by atoms with E-state index in [0.29, 0.717) is 12.8 Å². The molecule has 1 aromatic rings. The van der Waals surface area contributed by atoms with E-state index in [2.05, 4.69) is 0 Å². The van der Waals surface area contributed by atoms with Gasteiger partial charge >= 0.3 is 5.97 Å². The van der Waals surface area contributed by atoms with Crippen molar-refractivity contribution in [3.8, 4) is 0 Å². The number of hydrogen-bond donors (Lipinski definition) is 1. The Labute approximate surface area is 122 Å². The van der Waals surface area contributed by atoms with Gasteiger partial charge in [0.25, 0.3) is 10.2 Å². The number of carboxylic acids is 1. The van der Waals surface area contributed by atoms with Crippen molar-refractivity contribution in [1.82, 2.24) is 8.61 Å². The van der Waals surface area contributed by atoms with E-state index in [9.17, 15) is 18.3 Å². The molecular weight excluding hydrogens is 300 g/mol. The van der Waals surface area contributed by atoms with Gasteiger partial charge in [-0.1, -0.05) is 0 Å². The van der Waals surface area contributed by atoms with Gasteiger partial charge in [-0.05, 0) is 41.7 Å². The summed E-state index contributed by atoms with van der Waals surface area (Å²) < 4.78 is 27.4. The summed E-state index contributed by atoms with van der Waals surface area (Å²) in [5.41, 5.74) is 0.907. The molecule has 1 aliphatic heterocycles. The van der Waals surface area contributed by atoms with Gasteiger partial charge in [-0.25, -0.2) is 0 Å². The van der Waals surface area contributed by atoms with Crippen molar-refractivity contribution in [2.24, 2.45) is 0 Å². The molecule has 2 rings (SSSR count). The zero-order valence-corrected chi connectivity index (χ0v) is 12.9. The van der Waals surface area contributed by atoms with E-state index in [-0.39, 0.29) is 13.1 Å². The molecule has 2 heterocycles. The molecule has 0 amide bonds. The van der Waals surface area contributed by atoms with Crippen LogP contribution < -0.4 is 0 Å². The number of piperidine rings is 1. The van der Waals surface area contributed by atoms with Crippen molar-refractivity contribution in [1.29, 1.82) is 0 Å². The van der Waals surface area contributed by atoms with Gasteiger partial charge < -0.3 is 5.11 Å². The lowest BCUT2D eigenvalue weighted by Gasteiger charge is -2.34. The van der Waals surface area contributed by atoms with Crippen molar-refractivity contribution < 1.29 is 18.3 Å². The first kappa shape index (κ1) is 15.4. The molecule has 6 nitrogen and oxygen atoms in total. The van der Waals surface area contributed by atoms with E-state index < -0.39 is 22.2 Å². The topological polar surface area (TPSA) is 77.9 Å². The molecule has 0 aliphatic carbocycles. The van der Waals surface area contributed by atoms with Crippen LogP contribution in [0.15, 0.2) is 16.8 Å². The Morgan fingerprint density at radius 2 is 2.30 bits per heavy atom. The molecular formula is C12H18N2O4S2. The van der Waals surface area contributed by atoms with E-state index in [0.717, 1.165) is 16.3 Å². The van der Waals surface area contributed by atoms with E-state index >= 15 is 0 Å². The molecule has 112 valence electrons. The Hall–Kier alpha value is -0.960. The Morgan fingerprint density at radius 3 is 2.90 bits per heavy atom. The molecule has 1 fully saturated rings. The number of carboxylic acid groups (broad SMARTS) is 1. The van der Waals surface area contributed by atoms with Crippen LogP contribution in [0.3, 0.4) is 0 Å². The lowest BCUT2D eigenvalue weighted by molar-refractivity contribution is -0.142. The number of thiophene rings is 1. The van der Waals surface area contributed by atoms with Gasteiger partial charge in [0, 0.05) is 20.1 Å². The maximum Gasteiger partial charge on any atom is 0.322 e. The Bertz CT molecular complexity index is 556. The summed E-state index contributed by atoms with van der Waals surface area (Å²) in [6.45, 7) is 0.530. The first-order valence-electron chi connectivity index (χ1n) is 6.40. The fourth-order valence-electron chi connectivity index (χ4n) is 2.33. The van der Waals surface area contributed by atoms with Crippen LogP contribution in [0.2, 0.25) is 0 Å². The summed E-state index contributed by atoms with van der Waals surface area (Å²) in [4.78, 5) is 11.2. The van der Waals surface area contributed by atoms with Gasteiger partial charge in [0.15, 0.2) is 0 Å². The normalized spacial score (nSPS) is 21.2. The largest absolute Gasteiger partial charge is 0.480 e. The second-order valence-electron chi connectivity index (χ2n) is 4.86. The fourth-order valence-corrected chi connectivity index (χ4v) is 4.54. The minimum atomic E-state index is -3.74. The van der Waals surface area contributed by atoms with Crippen LogP contribution in [0.4, 0.5) is 0 Å². The molecule has 1 N–H and O–H groups in total. The maximum atomic E-state index is 12.5. The number of rotatable bonds is 5. The van der Waals surface area contributed by atoms with Crippen LogP contribution in [0.25, 0.3) is 0 Å². The maximum absolute atomic E-state index is 12.5. The highest BCUT2D eigenvalue weighted by molar-refractivity contribution is 7.86. The first-order valence-corrected chi connectivity index (χ1v) is 8.74. The standard InChI is InChI=1S/C12H18N2O4S2/c1-13(8-10-5-7-19-9-10)20(17,18)14-6-3-2-4-11(14)12(15)16/h5,7,9,11H,2-4,6,8H2,1H3,(H,15,16). The molecule has 1 aliphatic rings. The number of aliphatic carboxylic acids is 1. The van der Waals surface area contributed by atoms with Crippen LogP contribution in [0.1, 0.15) is 24.8 Å². The summed E-state index contributed by atoms with van der Waals surface area (Å²) in [5.74, 6) is -1.07. The predicted octanol–water partition coefficient (Wildman–Crippen LogP) is 1.36. The van der Waals surface area contributed by atoms with Gasteiger partial charge in [0.05, 0.1) is 0 Å². The van der Waals surface area contributed by atoms with Crippen molar-refractivity contribution in [2.45, 2.75) is 31.8 Å². The molecule has 0 aromatic carbocycles. The average Bonchev–Trinajstić information content (AvgIpc) is 2.91. The summed E-state index contributed by atoms with van der Waals surface area (Å²) in [7, 11) is -2.26. The van der Waals surface area contributed by atoms with Gasteiger partial charge in [-0.2, -0.15) is 28.4 Å². The summed E-state index contributed by atoms with van der Waals surface area (Å²) in [5, 5.41) is 13.0. The van der Waals surface area contributed by atoms with Gasteiger partial charge in [-0.3, -0.25) is 4.79 Å². The zero-order chi connectivity index (χ0) is 14.8. The molecule has 1 atom stereocenters.